The zero-order chi connectivity index (χ0) is 17.2. The fourth-order valence-corrected chi connectivity index (χ4v) is 6.66. The van der Waals surface area contributed by atoms with E-state index in [-0.39, 0.29) is 0 Å². The predicted molar refractivity (Wildman–Crippen MR) is 105 cm³/mol. The second-order valence-electron chi connectivity index (χ2n) is 7.34. The molecule has 0 saturated carbocycles. The van der Waals surface area contributed by atoms with Crippen LogP contribution in [0.3, 0.4) is 0 Å². The summed E-state index contributed by atoms with van der Waals surface area (Å²) in [7, 11) is 0. The van der Waals surface area contributed by atoms with Crippen LogP contribution < -0.4 is 0 Å². The molecule has 0 rings (SSSR count). The minimum absolute atomic E-state index is 0.924. The molecule has 23 heavy (non-hydrogen) atoms. The Morgan fingerprint density at radius 1 is 0.478 bits per heavy atom. The molecule has 0 spiro atoms. The Morgan fingerprint density at radius 3 is 1.13 bits per heavy atom. The van der Waals surface area contributed by atoms with Gasteiger partial charge in [-0.25, -0.2) is 0 Å². The summed E-state index contributed by atoms with van der Waals surface area (Å²) in [6.07, 6.45) is 18.9. The molecule has 0 fully saturated rings. The Kier molecular flexibility index (Phi) is 18.1. The van der Waals surface area contributed by atoms with Crippen molar-refractivity contribution in [3.05, 3.63) is 0 Å². The molecule has 0 aliphatic carbocycles. The zero-order valence-corrected chi connectivity index (χ0v) is 19.5. The number of hydrogen-bond acceptors (Lipinski definition) is 2. The van der Waals surface area contributed by atoms with Crippen LogP contribution in [0.5, 0.6) is 0 Å². The number of hydrogen-bond donors (Lipinski definition) is 0. The Bertz CT molecular complexity index is 210. The van der Waals surface area contributed by atoms with Gasteiger partial charge in [0.1, 0.15) is 0 Å². The monoisotopic (exact) mass is 436 g/mol. The summed E-state index contributed by atoms with van der Waals surface area (Å²) in [6.45, 7) is 6.40. The van der Waals surface area contributed by atoms with E-state index >= 15 is 0 Å². The van der Waals surface area contributed by atoms with Crippen LogP contribution in [0.15, 0.2) is 0 Å². The van der Waals surface area contributed by atoms with Gasteiger partial charge in [0.05, 0.1) is 0 Å². The van der Waals surface area contributed by atoms with Crippen molar-refractivity contribution in [1.82, 2.24) is 0 Å². The zero-order valence-electron chi connectivity index (χ0n) is 16.6. The van der Waals surface area contributed by atoms with Gasteiger partial charge in [-0.05, 0) is 0 Å². The molecular formula is C20H44O2Sn. The molecule has 0 aromatic rings. The average Bonchev–Trinajstić information content (AvgIpc) is 2.52. The van der Waals surface area contributed by atoms with Crippen molar-refractivity contribution in [3.8, 4) is 0 Å². The minimum atomic E-state index is -2.61. The van der Waals surface area contributed by atoms with Gasteiger partial charge in [0, 0.05) is 0 Å². The summed E-state index contributed by atoms with van der Waals surface area (Å²) in [5.74, 6) is 0. The van der Waals surface area contributed by atoms with E-state index in [1.165, 1.54) is 89.9 Å². The van der Waals surface area contributed by atoms with Crippen LogP contribution in [0.1, 0.15) is 104 Å². The molecule has 0 aliphatic heterocycles. The third-order valence-electron chi connectivity index (χ3n) is 4.40. The third-order valence-corrected chi connectivity index (χ3v) is 9.53. The van der Waals surface area contributed by atoms with Crippen LogP contribution in [0.2, 0.25) is 9.88 Å². The van der Waals surface area contributed by atoms with Gasteiger partial charge in [-0.2, -0.15) is 0 Å². The molecule has 140 valence electrons. The quantitative estimate of drug-likeness (QED) is 0.167. The standard InChI is InChI=1S/2C9H19O.2CH3.Sn/c2*1-2-3-4-5-6-7-8-9-10;;;/h2*2-9H2,1H3;2*1H3;/q2*-1;;;+2. The molecule has 0 heterocycles. The third kappa shape index (κ3) is 18.9. The van der Waals surface area contributed by atoms with E-state index in [9.17, 15) is 0 Å². The van der Waals surface area contributed by atoms with Crippen LogP contribution in [0.25, 0.3) is 0 Å². The molecular weight excluding hydrogens is 391 g/mol. The summed E-state index contributed by atoms with van der Waals surface area (Å²) in [6, 6.07) is 0. The first-order valence-electron chi connectivity index (χ1n) is 10.4. The van der Waals surface area contributed by atoms with Crippen LogP contribution in [0, 0.1) is 0 Å². The molecule has 0 atom stereocenters. The van der Waals surface area contributed by atoms with E-state index in [0.29, 0.717) is 0 Å². The molecule has 0 N–H and O–H groups in total. The fourth-order valence-electron chi connectivity index (χ4n) is 2.80. The molecule has 0 aromatic heterocycles. The van der Waals surface area contributed by atoms with E-state index in [1.807, 2.05) is 0 Å². The molecule has 2 nitrogen and oxygen atoms in total. The molecule has 0 bridgehead atoms. The summed E-state index contributed by atoms with van der Waals surface area (Å²) in [5.41, 5.74) is 0. The summed E-state index contributed by atoms with van der Waals surface area (Å²) >= 11 is -2.61. The van der Waals surface area contributed by atoms with Crippen molar-refractivity contribution in [2.24, 2.45) is 0 Å². The van der Waals surface area contributed by atoms with E-state index in [2.05, 4.69) is 23.7 Å². The van der Waals surface area contributed by atoms with Crippen LogP contribution >= 0.6 is 0 Å². The molecule has 0 aliphatic rings. The second kappa shape index (κ2) is 17.5. The van der Waals surface area contributed by atoms with Crippen molar-refractivity contribution in [2.45, 2.75) is 114 Å². The van der Waals surface area contributed by atoms with Crippen LogP contribution in [0.4, 0.5) is 0 Å². The Morgan fingerprint density at radius 2 is 0.783 bits per heavy atom. The first-order chi connectivity index (χ1) is 11.1. The molecule has 0 aromatic carbocycles. The van der Waals surface area contributed by atoms with Gasteiger partial charge in [-0.1, -0.05) is 0 Å². The van der Waals surface area contributed by atoms with E-state index in [0.717, 1.165) is 13.2 Å². The van der Waals surface area contributed by atoms with Crippen molar-refractivity contribution in [1.29, 1.82) is 0 Å². The maximum atomic E-state index is 6.10. The van der Waals surface area contributed by atoms with E-state index in [1.54, 1.807) is 0 Å². The maximum absolute atomic E-state index is 6.10. The predicted octanol–water partition coefficient (Wildman–Crippen LogP) is 7.22. The summed E-state index contributed by atoms with van der Waals surface area (Å²) in [5, 5.41) is 0. The van der Waals surface area contributed by atoms with Gasteiger partial charge in [0.25, 0.3) is 0 Å². The van der Waals surface area contributed by atoms with E-state index < -0.39 is 19.2 Å². The van der Waals surface area contributed by atoms with Gasteiger partial charge in [0.15, 0.2) is 0 Å². The van der Waals surface area contributed by atoms with Crippen LogP contribution in [-0.4, -0.2) is 32.4 Å². The summed E-state index contributed by atoms with van der Waals surface area (Å²) < 4.78 is 12.2. The van der Waals surface area contributed by atoms with Gasteiger partial charge < -0.3 is 0 Å². The molecule has 0 radical (unpaired) electrons. The fraction of sp³-hybridized carbons (Fsp3) is 1.00. The number of rotatable bonds is 18. The van der Waals surface area contributed by atoms with Gasteiger partial charge >= 0.3 is 152 Å². The summed E-state index contributed by atoms with van der Waals surface area (Å²) in [4.78, 5) is 4.52. The second-order valence-corrected chi connectivity index (χ2v) is 17.0. The van der Waals surface area contributed by atoms with Crippen molar-refractivity contribution in [3.63, 3.8) is 0 Å². The molecule has 3 heteroatoms. The first-order valence-corrected chi connectivity index (χ1v) is 18.4. The Hall–Kier alpha value is 0.719. The van der Waals surface area contributed by atoms with Crippen molar-refractivity contribution < 1.29 is 6.15 Å². The Labute approximate surface area is 152 Å². The average molecular weight is 435 g/mol. The van der Waals surface area contributed by atoms with Crippen molar-refractivity contribution >= 4 is 19.2 Å². The van der Waals surface area contributed by atoms with E-state index in [4.69, 9.17) is 6.15 Å². The van der Waals surface area contributed by atoms with Gasteiger partial charge in [-0.15, -0.1) is 0 Å². The van der Waals surface area contributed by atoms with Gasteiger partial charge in [-0.3, -0.25) is 0 Å². The topological polar surface area (TPSA) is 18.5 Å². The number of unbranched alkanes of at least 4 members (excludes halogenated alkanes) is 12. The first kappa shape index (κ1) is 23.7. The molecule has 0 amide bonds. The Balaban J connectivity index is 3.33. The SMILES string of the molecule is CCCCCCCCC[O][Sn]([CH3])([CH3])[O]CCCCCCCCC. The molecule has 0 saturated heterocycles. The van der Waals surface area contributed by atoms with Crippen molar-refractivity contribution in [2.75, 3.05) is 13.2 Å². The molecule has 0 unspecified atom stereocenters. The van der Waals surface area contributed by atoms with Gasteiger partial charge in [0.2, 0.25) is 0 Å². The van der Waals surface area contributed by atoms with Crippen LogP contribution in [-0.2, 0) is 6.15 Å². The normalized spacial score (nSPS) is 12.0.